The lowest BCUT2D eigenvalue weighted by Gasteiger charge is -2.22. The van der Waals surface area contributed by atoms with Crippen molar-refractivity contribution in [3.63, 3.8) is 0 Å². The second-order valence-electron chi connectivity index (χ2n) is 31.4. The second-order valence-corrected chi connectivity index (χ2v) is 31.4. The predicted molar refractivity (Wildman–Crippen MR) is 544 cm³/mol. The Bertz CT molecular complexity index is 5360. The zero-order valence-corrected chi connectivity index (χ0v) is 81.2. The molecule has 0 aliphatic carbocycles. The number of carbonyl (C=O) groups excluding carboxylic acids is 7. The number of hydrazine groups is 1. The number of phenolic OH excluding ortho intramolecular Hbond substituents is 6. The number of hydrogen-bond donors (Lipinski definition) is 10. The minimum atomic E-state index is -0.982. The van der Waals surface area contributed by atoms with Gasteiger partial charge in [-0.3, -0.25) is 44.1 Å². The Morgan fingerprint density at radius 2 is 0.706 bits per heavy atom. The molecule has 0 spiro atoms. The van der Waals surface area contributed by atoms with E-state index in [1.165, 1.54) is 61.2 Å². The highest BCUT2D eigenvalue weighted by Gasteiger charge is 2.33. The summed E-state index contributed by atoms with van der Waals surface area (Å²) in [6.45, 7) is 45.4. The molecule has 32 nitrogen and oxygen atoms in total. The van der Waals surface area contributed by atoms with Gasteiger partial charge < -0.3 is 80.5 Å². The Morgan fingerprint density at radius 1 is 0.426 bits per heavy atom. The van der Waals surface area contributed by atoms with Gasteiger partial charge in [-0.2, -0.15) is 0 Å². The molecule has 0 atom stereocenters. The Labute approximate surface area is 800 Å². The summed E-state index contributed by atoms with van der Waals surface area (Å²) in [4.78, 5) is 125. The fraction of sp³-hybridized carbons (Fsp3) is 0.375. The van der Waals surface area contributed by atoms with Gasteiger partial charge in [-0.05, 0) is 243 Å². The molecular formula is C104H141N13O19. The van der Waals surface area contributed by atoms with Crippen molar-refractivity contribution in [3.8, 4) is 40.2 Å². The fourth-order valence-corrected chi connectivity index (χ4v) is 13.7. The molecule has 1 saturated heterocycles. The molecule has 9 rings (SSSR count). The molecule has 0 saturated carbocycles. The van der Waals surface area contributed by atoms with Crippen LogP contribution in [0.25, 0.3) is 36.5 Å². The molecule has 0 unspecified atom stereocenters. The predicted octanol–water partition coefficient (Wildman–Crippen LogP) is 19.0. The van der Waals surface area contributed by atoms with Crippen molar-refractivity contribution in [1.29, 1.82) is 0 Å². The van der Waals surface area contributed by atoms with Gasteiger partial charge in [-0.25, -0.2) is 25.2 Å². The molecular weight excluding hydrogens is 1740 g/mol. The van der Waals surface area contributed by atoms with Gasteiger partial charge in [0, 0.05) is 253 Å². The normalized spacial score (nSPS) is 11.9. The highest BCUT2D eigenvalue weighted by molar-refractivity contribution is 6.04. The van der Waals surface area contributed by atoms with Crippen LogP contribution in [0.3, 0.4) is 0 Å². The summed E-state index contributed by atoms with van der Waals surface area (Å²) in [7, 11) is 0. The van der Waals surface area contributed by atoms with E-state index in [-0.39, 0.29) is 89.2 Å². The molecule has 1 aromatic heterocycles. The Hall–Kier alpha value is -14.7. The lowest BCUT2D eigenvalue weighted by Crippen LogP contribution is -2.32. The lowest BCUT2D eigenvalue weighted by atomic mass is 10.1. The van der Waals surface area contributed by atoms with E-state index in [9.17, 15) is 79.1 Å². The van der Waals surface area contributed by atoms with Gasteiger partial charge in [0.15, 0.2) is 0 Å². The first-order valence-electron chi connectivity index (χ1n) is 45.5. The molecule has 1 aliphatic rings. The summed E-state index contributed by atoms with van der Waals surface area (Å²) in [5.74, 6) is 1.54. The maximum absolute atomic E-state index is 12.2. The summed E-state index contributed by atoms with van der Waals surface area (Å²) < 4.78 is 6.63. The standard InChI is InChI=1S/C21H24N2O5.C19H24N2O5.C18H23N3O2.C15H23N3O2.C15H22N2O2.C15H21NO3.CH4/c1-4-12-22(5-2)18-7-6-16(20(24)14-18)13-15(3)21(25)28-19-10-8-17(9-11-19)23(26)27;1-4-10-20(5-2)15-7-6-14(16(22)12-15)11-13(3)19(25)26-21-17(23)8-9-18(21)24;1-4-9-20(5-2)16-7-6-15(17(22)12-16)11-14(3)18(23)21-10-8-19-13-21;1-4-8-18(5-2)13-7-6-12(14(19)10-13)9-11(3)15(20)17-16;1-4-8-17(5-2)13-7-6-12(14(18)10-13)9-11(3)15(16)19;1-4-8-16(5-2)13-7-6-12(14(17)10-13)9-11(3)15(18)19;/h6-11,13-14,24H,4-5,12H2,1-3H3;6-7,11-12,22H,4-5,8-10H2,1-3H3;6-8,10-13,22H,4-5,9H2,1-3H3;6-7,9-10,19H,4-5,8,16H2,1-3H3,(H,17,20);6-7,9-10,18H,4-5,8H2,1-3H3,(H2,16,19);6-7,9-10,17H,4-5,8H2,1-3H3,(H,18,19);1H4/b15-13+;13-11+;14-11+;3*11-9+;. The number of anilines is 6. The summed E-state index contributed by atoms with van der Waals surface area (Å²) in [6, 6.07) is 37.7. The number of nitro groups is 1. The van der Waals surface area contributed by atoms with Crippen LogP contribution in [0, 0.1) is 10.1 Å². The van der Waals surface area contributed by atoms with E-state index in [4.69, 9.17) is 26.3 Å². The van der Waals surface area contributed by atoms with E-state index in [0.717, 1.165) is 151 Å². The van der Waals surface area contributed by atoms with Gasteiger partial charge in [0.2, 0.25) is 5.91 Å². The van der Waals surface area contributed by atoms with E-state index in [2.05, 4.69) is 116 Å². The summed E-state index contributed by atoms with van der Waals surface area (Å²) in [6.07, 6.45) is 20.3. The fourth-order valence-electron chi connectivity index (χ4n) is 13.7. The van der Waals surface area contributed by atoms with E-state index in [1.807, 2.05) is 49.4 Å². The molecule has 0 bridgehead atoms. The summed E-state index contributed by atoms with van der Waals surface area (Å²) >= 11 is 0. The van der Waals surface area contributed by atoms with E-state index in [1.54, 1.807) is 131 Å². The molecule has 12 N–H and O–H groups in total. The number of amides is 4. The highest BCUT2D eigenvalue weighted by Crippen LogP contribution is 2.34. The zero-order chi connectivity index (χ0) is 101. The average molecular weight is 1880 g/mol. The number of aliphatic carboxylic acids is 1. The van der Waals surface area contributed by atoms with Crippen molar-refractivity contribution in [2.45, 2.75) is 183 Å². The maximum atomic E-state index is 12.2. The number of ether oxygens (including phenoxy) is 1. The van der Waals surface area contributed by atoms with Gasteiger partial charge >= 0.3 is 17.9 Å². The first-order chi connectivity index (χ1) is 64.3. The molecule has 736 valence electrons. The number of nitrogens with one attached hydrogen (secondary N) is 1. The van der Waals surface area contributed by atoms with Crippen LogP contribution in [0.2, 0.25) is 0 Å². The van der Waals surface area contributed by atoms with Crippen LogP contribution >= 0.6 is 0 Å². The van der Waals surface area contributed by atoms with E-state index < -0.39 is 40.6 Å². The van der Waals surface area contributed by atoms with Crippen LogP contribution in [0.15, 0.2) is 186 Å². The quantitative estimate of drug-likeness (QED) is 0.00250. The van der Waals surface area contributed by atoms with Crippen LogP contribution in [0.5, 0.6) is 40.2 Å². The molecule has 4 amide bonds. The number of esters is 1. The number of allylic oxidation sites excluding steroid dienone is 1. The van der Waals surface area contributed by atoms with Crippen LogP contribution < -0.4 is 51.1 Å². The van der Waals surface area contributed by atoms with Crippen molar-refractivity contribution in [3.05, 3.63) is 229 Å². The number of rotatable bonds is 39. The molecule has 8 aromatic rings. The zero-order valence-electron chi connectivity index (χ0n) is 81.2. The number of carboxylic acids is 1. The number of nitrogens with two attached hydrogens (primary N) is 2. The summed E-state index contributed by atoms with van der Waals surface area (Å²) in [5, 5.41) is 80.9. The van der Waals surface area contributed by atoms with Crippen LogP contribution in [-0.4, -0.2) is 181 Å². The smallest absolute Gasteiger partial charge is 0.359 e. The maximum Gasteiger partial charge on any atom is 0.359 e. The number of carboxylic acid groups (broad SMARTS) is 1. The molecule has 0 radical (unpaired) electrons. The number of hydrogen-bond acceptors (Lipinski definition) is 26. The monoisotopic (exact) mass is 1880 g/mol. The molecule has 7 aromatic carbocycles. The Kier molecular flexibility index (Phi) is 50.7. The number of nitrogens with zero attached hydrogens (tertiary/aromatic N) is 10. The third kappa shape index (κ3) is 36.7. The third-order valence-electron chi connectivity index (χ3n) is 21.1. The number of hydroxylamine groups is 2. The number of carbonyl (C=O) groups is 8. The number of aromatic nitrogens is 2. The van der Waals surface area contributed by atoms with Crippen molar-refractivity contribution in [1.82, 2.24) is 20.0 Å². The van der Waals surface area contributed by atoms with E-state index in [0.29, 0.717) is 60.7 Å². The van der Waals surface area contributed by atoms with Crippen molar-refractivity contribution in [2.24, 2.45) is 11.6 Å². The minimum Gasteiger partial charge on any atom is -0.507 e. The number of imidazole rings is 1. The van der Waals surface area contributed by atoms with E-state index >= 15 is 0 Å². The number of imide groups is 1. The average Bonchev–Trinajstić information content (AvgIpc) is 1.73. The second kappa shape index (κ2) is 59.7. The number of non-ortho nitro benzene ring substituents is 1. The third-order valence-corrected chi connectivity index (χ3v) is 21.1. The Balaban J connectivity index is 0.000000422. The SMILES string of the molecule is C.CCCN(CC)c1ccc(/C=C(\C)C(=O)NN)c(O)c1.CCCN(CC)c1ccc(/C=C(\C)C(=O)O)c(O)c1.CCCN(CC)c1ccc(/C=C(\C)C(=O)ON2C(=O)CCC2=O)c(O)c1.CCCN(CC)c1ccc(/C=C(\C)C(=O)Oc2ccc([N+](=O)[O-])cc2)c(O)c1.CCCN(CC)c1ccc(/C=C(\C)C(=O)n2ccnc2)c(O)c1.CCCN(CC)c1ccc(/C=C(\C)C(N)=O)c(O)c1. The number of benzene rings is 7. The van der Waals surface area contributed by atoms with Crippen molar-refractivity contribution in [2.75, 3.05) is 108 Å². The highest BCUT2D eigenvalue weighted by atomic mass is 16.7. The largest absolute Gasteiger partial charge is 0.507 e. The molecule has 2 heterocycles. The van der Waals surface area contributed by atoms with Crippen LogP contribution in [0.4, 0.5) is 39.8 Å². The molecule has 136 heavy (non-hydrogen) atoms. The number of primary amides is 1. The van der Waals surface area contributed by atoms with Gasteiger partial charge in [-0.1, -0.05) is 49.0 Å². The van der Waals surface area contributed by atoms with Crippen molar-refractivity contribution >= 4 is 124 Å². The number of nitro benzene ring substituents is 1. The first kappa shape index (κ1) is 115. The molecule has 1 fully saturated rings. The lowest BCUT2D eigenvalue weighted by molar-refractivity contribution is -0.384. The molecule has 1 aliphatic heterocycles. The van der Waals surface area contributed by atoms with Gasteiger partial charge in [0.25, 0.3) is 29.3 Å². The van der Waals surface area contributed by atoms with Gasteiger partial charge in [-0.15, -0.1) is 5.06 Å². The first-order valence-corrected chi connectivity index (χ1v) is 45.5. The van der Waals surface area contributed by atoms with Crippen LogP contribution in [-0.2, 0) is 38.4 Å². The number of phenols is 6. The van der Waals surface area contributed by atoms with Gasteiger partial charge in [0.1, 0.15) is 46.6 Å². The molecule has 32 heteroatoms. The summed E-state index contributed by atoms with van der Waals surface area (Å²) in [5.41, 5.74) is 18.3. The minimum absolute atomic E-state index is 0. The number of aromatic hydroxyl groups is 6. The van der Waals surface area contributed by atoms with Crippen molar-refractivity contribution < 1.29 is 88.6 Å². The topological polar surface area (TPSA) is 444 Å². The Morgan fingerprint density at radius 3 is 0.956 bits per heavy atom. The van der Waals surface area contributed by atoms with Gasteiger partial charge in [0.05, 0.1) is 4.92 Å². The van der Waals surface area contributed by atoms with Crippen LogP contribution in [0.1, 0.15) is 222 Å².